The maximum Gasteiger partial charge on any atom is 0.261 e. The van der Waals surface area contributed by atoms with Crippen LogP contribution in [0.4, 0.5) is 11.4 Å². The van der Waals surface area contributed by atoms with Gasteiger partial charge in [0.1, 0.15) is 0 Å². The number of sulfonamides is 1. The van der Waals surface area contributed by atoms with E-state index in [4.69, 9.17) is 5.73 Å². The van der Waals surface area contributed by atoms with Crippen LogP contribution in [0.1, 0.15) is 31.9 Å². The van der Waals surface area contributed by atoms with Crippen LogP contribution in [0.2, 0.25) is 0 Å². The highest BCUT2D eigenvalue weighted by Gasteiger charge is 2.20. The Morgan fingerprint density at radius 3 is 2.60 bits per heavy atom. The number of anilines is 2. The molecule has 184 valence electrons. The second kappa shape index (κ2) is 10.1. The van der Waals surface area contributed by atoms with Crippen molar-refractivity contribution in [1.82, 2.24) is 14.9 Å². The first-order valence-corrected chi connectivity index (χ1v) is 12.9. The molecule has 0 spiro atoms. The normalized spacial score (nSPS) is 13.1. The Balaban J connectivity index is 1.36. The minimum atomic E-state index is -3.70. The lowest BCUT2D eigenvalue weighted by atomic mass is 9.99. The molecule has 35 heavy (non-hydrogen) atoms. The standard InChI is InChI=1S/C26H31N5O3S/c1-26(2,13-14-31-18-28-23-12-11-20(27)16-24(23)31)29-17-25(32)19-7-6-8-21(15-19)30-35(33,34)22-9-4-3-5-10-22/h3-12,15-16,18,25,29-30,32H,13-14,17,27H2,1-2H3. The van der Waals surface area contributed by atoms with Crippen molar-refractivity contribution in [3.8, 4) is 0 Å². The summed E-state index contributed by atoms with van der Waals surface area (Å²) in [6, 6.07) is 20.7. The van der Waals surface area contributed by atoms with E-state index in [9.17, 15) is 13.5 Å². The number of hydrogen-bond donors (Lipinski definition) is 4. The van der Waals surface area contributed by atoms with Gasteiger partial charge in [-0.05, 0) is 68.3 Å². The maximum atomic E-state index is 12.6. The molecule has 0 fully saturated rings. The van der Waals surface area contributed by atoms with Gasteiger partial charge in [-0.1, -0.05) is 30.3 Å². The molecule has 5 N–H and O–H groups in total. The lowest BCUT2D eigenvalue weighted by Gasteiger charge is -2.28. The molecular weight excluding hydrogens is 462 g/mol. The molecule has 1 heterocycles. The molecule has 8 nitrogen and oxygen atoms in total. The van der Waals surface area contributed by atoms with Gasteiger partial charge < -0.3 is 20.7 Å². The van der Waals surface area contributed by atoms with Crippen LogP contribution in [0.15, 0.2) is 84.0 Å². The van der Waals surface area contributed by atoms with Crippen molar-refractivity contribution in [3.05, 3.63) is 84.7 Å². The predicted molar refractivity (Wildman–Crippen MR) is 139 cm³/mol. The fraction of sp³-hybridized carbons (Fsp3) is 0.269. The molecule has 0 aliphatic rings. The van der Waals surface area contributed by atoms with Crippen LogP contribution in [-0.2, 0) is 16.6 Å². The van der Waals surface area contributed by atoms with E-state index in [-0.39, 0.29) is 10.4 Å². The largest absolute Gasteiger partial charge is 0.399 e. The minimum absolute atomic E-state index is 0.183. The van der Waals surface area contributed by atoms with E-state index in [1.54, 1.807) is 42.5 Å². The van der Waals surface area contributed by atoms with E-state index in [1.807, 2.05) is 24.5 Å². The Labute approximate surface area is 205 Å². The first kappa shape index (κ1) is 24.7. The van der Waals surface area contributed by atoms with Gasteiger partial charge in [-0.15, -0.1) is 0 Å². The summed E-state index contributed by atoms with van der Waals surface area (Å²) in [5.41, 5.74) is 9.29. The number of benzene rings is 3. The lowest BCUT2D eigenvalue weighted by molar-refractivity contribution is 0.158. The van der Waals surface area contributed by atoms with E-state index >= 15 is 0 Å². The number of aryl methyl sites for hydroxylation is 1. The Kier molecular flexibility index (Phi) is 7.11. The number of imidazole rings is 1. The fourth-order valence-corrected chi connectivity index (χ4v) is 4.92. The van der Waals surface area contributed by atoms with Gasteiger partial charge in [-0.25, -0.2) is 13.4 Å². The van der Waals surface area contributed by atoms with E-state index < -0.39 is 16.1 Å². The lowest BCUT2D eigenvalue weighted by Crippen LogP contribution is -2.42. The first-order chi connectivity index (χ1) is 16.6. The van der Waals surface area contributed by atoms with Gasteiger partial charge in [-0.2, -0.15) is 0 Å². The Hall–Kier alpha value is -3.40. The first-order valence-electron chi connectivity index (χ1n) is 11.4. The highest BCUT2D eigenvalue weighted by Crippen LogP contribution is 2.22. The number of nitrogen functional groups attached to an aromatic ring is 1. The number of rotatable bonds is 10. The number of aliphatic hydroxyl groups is 1. The summed E-state index contributed by atoms with van der Waals surface area (Å²) < 4.78 is 29.9. The van der Waals surface area contributed by atoms with Crippen LogP contribution < -0.4 is 15.8 Å². The van der Waals surface area contributed by atoms with E-state index in [0.29, 0.717) is 23.5 Å². The smallest absolute Gasteiger partial charge is 0.261 e. The molecule has 9 heteroatoms. The van der Waals surface area contributed by atoms with Gasteiger partial charge in [0.15, 0.2) is 0 Å². The third kappa shape index (κ3) is 6.19. The van der Waals surface area contributed by atoms with Crippen LogP contribution in [0.5, 0.6) is 0 Å². The zero-order chi connectivity index (χ0) is 25.1. The summed E-state index contributed by atoms with van der Waals surface area (Å²) in [5.74, 6) is 0. The Morgan fingerprint density at radius 1 is 1.06 bits per heavy atom. The fourth-order valence-electron chi connectivity index (χ4n) is 3.85. The molecule has 0 amide bonds. The van der Waals surface area contributed by atoms with Crippen molar-refractivity contribution >= 4 is 32.4 Å². The molecule has 0 saturated heterocycles. The number of nitrogens with zero attached hydrogens (tertiary/aromatic N) is 2. The topological polar surface area (TPSA) is 122 Å². The van der Waals surface area contributed by atoms with Crippen LogP contribution in [0.25, 0.3) is 11.0 Å². The number of nitrogens with one attached hydrogen (secondary N) is 2. The van der Waals surface area contributed by atoms with Crippen molar-refractivity contribution in [2.75, 3.05) is 17.0 Å². The minimum Gasteiger partial charge on any atom is -0.399 e. The molecule has 0 radical (unpaired) electrons. The summed E-state index contributed by atoms with van der Waals surface area (Å²) in [6.45, 7) is 5.22. The van der Waals surface area contributed by atoms with Gasteiger partial charge in [0.25, 0.3) is 10.0 Å². The number of fused-ring (bicyclic) bond motifs is 1. The van der Waals surface area contributed by atoms with Gasteiger partial charge in [0.2, 0.25) is 0 Å². The summed E-state index contributed by atoms with van der Waals surface area (Å²) in [4.78, 5) is 4.61. The van der Waals surface area contributed by atoms with Crippen LogP contribution in [0.3, 0.4) is 0 Å². The molecular formula is C26H31N5O3S. The van der Waals surface area contributed by atoms with Gasteiger partial charge in [0, 0.05) is 30.0 Å². The van der Waals surface area contributed by atoms with Crippen molar-refractivity contribution in [2.45, 2.75) is 43.4 Å². The SMILES string of the molecule is CC(C)(CCn1cnc2ccc(N)cc21)NCC(O)c1cccc(NS(=O)(=O)c2ccccc2)c1. The Morgan fingerprint density at radius 2 is 1.83 bits per heavy atom. The molecule has 1 unspecified atom stereocenters. The van der Waals surface area contributed by atoms with Crippen LogP contribution in [0, 0.1) is 0 Å². The van der Waals surface area contributed by atoms with E-state index in [0.717, 1.165) is 24.0 Å². The van der Waals surface area contributed by atoms with Crippen molar-refractivity contribution in [2.24, 2.45) is 0 Å². The third-order valence-electron chi connectivity index (χ3n) is 5.97. The second-order valence-corrected chi connectivity index (χ2v) is 10.9. The summed E-state index contributed by atoms with van der Waals surface area (Å²) in [7, 11) is -3.70. The van der Waals surface area contributed by atoms with Crippen molar-refractivity contribution in [1.29, 1.82) is 0 Å². The highest BCUT2D eigenvalue weighted by molar-refractivity contribution is 7.92. The molecule has 1 atom stereocenters. The summed E-state index contributed by atoms with van der Waals surface area (Å²) >= 11 is 0. The van der Waals surface area contributed by atoms with Crippen LogP contribution in [-0.4, -0.2) is 35.2 Å². The quantitative estimate of drug-likeness (QED) is 0.249. The second-order valence-electron chi connectivity index (χ2n) is 9.26. The highest BCUT2D eigenvalue weighted by atomic mass is 32.2. The average Bonchev–Trinajstić information content (AvgIpc) is 3.24. The molecule has 3 aromatic carbocycles. The predicted octanol–water partition coefficient (Wildman–Crippen LogP) is 3.91. The number of hydrogen-bond acceptors (Lipinski definition) is 6. The van der Waals surface area contributed by atoms with Crippen molar-refractivity contribution in [3.63, 3.8) is 0 Å². The van der Waals surface area contributed by atoms with Gasteiger partial charge in [-0.3, -0.25) is 4.72 Å². The van der Waals surface area contributed by atoms with Crippen molar-refractivity contribution < 1.29 is 13.5 Å². The van der Waals surface area contributed by atoms with E-state index in [1.165, 1.54) is 12.1 Å². The van der Waals surface area contributed by atoms with Crippen LogP contribution >= 0.6 is 0 Å². The zero-order valence-corrected chi connectivity index (χ0v) is 20.7. The molecule has 0 aliphatic carbocycles. The molecule has 1 aromatic heterocycles. The molecule has 0 bridgehead atoms. The molecule has 0 aliphatic heterocycles. The number of β-amino-alcohol motifs (C(OH)–C–C–N with tert-alkyl or cyclic N) is 1. The molecule has 4 rings (SSSR count). The number of aromatic nitrogens is 2. The Bertz CT molecular complexity index is 1400. The van der Waals surface area contributed by atoms with Gasteiger partial charge in [0.05, 0.1) is 28.4 Å². The average molecular weight is 494 g/mol. The molecule has 4 aromatic rings. The van der Waals surface area contributed by atoms with Gasteiger partial charge >= 0.3 is 0 Å². The molecule has 0 saturated carbocycles. The number of nitrogens with two attached hydrogens (primary N) is 1. The van der Waals surface area contributed by atoms with E-state index in [2.05, 4.69) is 33.4 Å². The summed E-state index contributed by atoms with van der Waals surface area (Å²) in [6.07, 6.45) is 1.82. The number of aliphatic hydroxyl groups excluding tert-OH is 1. The zero-order valence-electron chi connectivity index (χ0n) is 19.8. The summed E-state index contributed by atoms with van der Waals surface area (Å²) in [5, 5.41) is 14.2. The maximum absolute atomic E-state index is 12.6. The monoisotopic (exact) mass is 493 g/mol. The third-order valence-corrected chi connectivity index (χ3v) is 7.37.